The fourth-order valence-electron chi connectivity index (χ4n) is 1.87. The van der Waals surface area contributed by atoms with Crippen LogP contribution in [0.5, 0.6) is 0 Å². The van der Waals surface area contributed by atoms with E-state index in [2.05, 4.69) is 32.5 Å². The number of hydrogen-bond donors (Lipinski definition) is 2. The highest BCUT2D eigenvalue weighted by molar-refractivity contribution is 7.11. The summed E-state index contributed by atoms with van der Waals surface area (Å²) in [5, 5.41) is 7.56. The summed E-state index contributed by atoms with van der Waals surface area (Å²) in [4.78, 5) is 14.6. The van der Waals surface area contributed by atoms with E-state index in [1.807, 2.05) is 27.7 Å². The van der Waals surface area contributed by atoms with E-state index >= 15 is 0 Å². The Kier molecular flexibility index (Phi) is 5.54. The second-order valence-electron chi connectivity index (χ2n) is 5.05. The molecule has 0 aliphatic rings. The van der Waals surface area contributed by atoms with Crippen LogP contribution in [0.3, 0.4) is 0 Å². The topological polar surface area (TPSA) is 75.3 Å². The number of aromatic nitrogens is 2. The van der Waals surface area contributed by atoms with Crippen molar-refractivity contribution in [2.24, 2.45) is 4.99 Å². The second-order valence-corrected chi connectivity index (χ2v) is 6.33. The van der Waals surface area contributed by atoms with Crippen molar-refractivity contribution in [2.75, 3.05) is 6.54 Å². The van der Waals surface area contributed by atoms with Gasteiger partial charge in [0.2, 0.25) is 5.89 Å². The molecule has 0 fully saturated rings. The van der Waals surface area contributed by atoms with Gasteiger partial charge in [-0.1, -0.05) is 0 Å². The van der Waals surface area contributed by atoms with E-state index in [0.717, 1.165) is 34.7 Å². The lowest BCUT2D eigenvalue weighted by Gasteiger charge is -2.09. The molecule has 2 N–H and O–H groups in total. The Balaban J connectivity index is 1.97. The number of nitrogens with zero attached hydrogens (tertiary/aromatic N) is 3. The number of hydrogen-bond acceptors (Lipinski definition) is 5. The molecule has 2 rings (SSSR count). The van der Waals surface area contributed by atoms with Crippen LogP contribution in [0.1, 0.15) is 39.8 Å². The van der Waals surface area contributed by atoms with Gasteiger partial charge in [-0.15, -0.1) is 11.3 Å². The first-order valence-electron chi connectivity index (χ1n) is 7.37. The minimum Gasteiger partial charge on any atom is -0.444 e. The average molecular weight is 321 g/mol. The zero-order valence-electron chi connectivity index (χ0n) is 13.8. The van der Waals surface area contributed by atoms with Crippen molar-refractivity contribution < 1.29 is 4.42 Å². The molecule has 0 saturated carbocycles. The standard InChI is InChI=1S/C15H23N5OS/c1-6-16-15(17-7-13-19-9(2)11(4)21-13)18-8-14-20-10(3)12(5)22-14/h6-8H2,1-5H3,(H2,16,17,18). The van der Waals surface area contributed by atoms with Gasteiger partial charge in [-0.05, 0) is 34.6 Å². The Hall–Kier alpha value is -1.89. The van der Waals surface area contributed by atoms with Crippen molar-refractivity contribution in [1.82, 2.24) is 20.6 Å². The normalized spacial score (nSPS) is 11.8. The molecule has 6 nitrogen and oxygen atoms in total. The minimum atomic E-state index is 0.417. The van der Waals surface area contributed by atoms with Crippen LogP contribution >= 0.6 is 11.3 Å². The van der Waals surface area contributed by atoms with Crippen LogP contribution in [-0.2, 0) is 13.1 Å². The molecule has 0 bridgehead atoms. The zero-order chi connectivity index (χ0) is 16.1. The first-order chi connectivity index (χ1) is 10.5. The van der Waals surface area contributed by atoms with Crippen LogP contribution in [0.25, 0.3) is 0 Å². The molecule has 0 spiro atoms. The third-order valence-electron chi connectivity index (χ3n) is 3.27. The largest absolute Gasteiger partial charge is 0.444 e. The summed E-state index contributed by atoms with van der Waals surface area (Å²) in [6, 6.07) is 0. The zero-order valence-corrected chi connectivity index (χ0v) is 14.6. The predicted molar refractivity (Wildman–Crippen MR) is 89.2 cm³/mol. The van der Waals surface area contributed by atoms with Gasteiger partial charge in [0.05, 0.1) is 17.9 Å². The van der Waals surface area contributed by atoms with E-state index in [4.69, 9.17) is 4.42 Å². The number of rotatable bonds is 5. The molecule has 0 aliphatic heterocycles. The lowest BCUT2D eigenvalue weighted by atomic mass is 10.4. The highest BCUT2D eigenvalue weighted by Gasteiger charge is 2.07. The van der Waals surface area contributed by atoms with E-state index in [0.29, 0.717) is 19.0 Å². The highest BCUT2D eigenvalue weighted by atomic mass is 32.1. The summed E-state index contributed by atoms with van der Waals surface area (Å²) >= 11 is 1.71. The Bertz CT molecular complexity index is 620. The van der Waals surface area contributed by atoms with Crippen molar-refractivity contribution in [3.05, 3.63) is 32.9 Å². The Labute approximate surface area is 135 Å². The molecule has 0 aromatic carbocycles. The monoisotopic (exact) mass is 321 g/mol. The van der Waals surface area contributed by atoms with E-state index in [-0.39, 0.29) is 0 Å². The van der Waals surface area contributed by atoms with Gasteiger partial charge in [0, 0.05) is 11.4 Å². The molecule has 0 unspecified atom stereocenters. The second kappa shape index (κ2) is 7.40. The molecule has 0 saturated heterocycles. The first kappa shape index (κ1) is 16.5. The molecular weight excluding hydrogens is 298 g/mol. The Morgan fingerprint density at radius 3 is 2.45 bits per heavy atom. The first-order valence-corrected chi connectivity index (χ1v) is 8.19. The van der Waals surface area contributed by atoms with Crippen LogP contribution < -0.4 is 10.6 Å². The third kappa shape index (κ3) is 4.30. The molecule has 7 heteroatoms. The van der Waals surface area contributed by atoms with Gasteiger partial charge in [-0.25, -0.2) is 15.0 Å². The van der Waals surface area contributed by atoms with Crippen LogP contribution in [0.2, 0.25) is 0 Å². The van der Waals surface area contributed by atoms with Gasteiger partial charge < -0.3 is 15.1 Å². The van der Waals surface area contributed by atoms with E-state index < -0.39 is 0 Å². The fourth-order valence-corrected chi connectivity index (χ4v) is 2.74. The number of thiazole rings is 1. The highest BCUT2D eigenvalue weighted by Crippen LogP contribution is 2.15. The van der Waals surface area contributed by atoms with E-state index in [1.54, 1.807) is 11.3 Å². The fraction of sp³-hybridized carbons (Fsp3) is 0.533. The maximum Gasteiger partial charge on any atom is 0.216 e. The van der Waals surface area contributed by atoms with Crippen molar-refractivity contribution in [3.63, 3.8) is 0 Å². The van der Waals surface area contributed by atoms with E-state index in [9.17, 15) is 0 Å². The lowest BCUT2D eigenvalue weighted by Crippen LogP contribution is -2.36. The van der Waals surface area contributed by atoms with Gasteiger partial charge in [0.1, 0.15) is 17.3 Å². The molecule has 0 atom stereocenters. The summed E-state index contributed by atoms with van der Waals surface area (Å²) in [7, 11) is 0. The van der Waals surface area contributed by atoms with Crippen LogP contribution in [0.4, 0.5) is 0 Å². The summed E-state index contributed by atoms with van der Waals surface area (Å²) in [6.07, 6.45) is 0. The molecular formula is C15H23N5OS. The predicted octanol–water partition coefficient (Wildman–Crippen LogP) is 2.62. The van der Waals surface area contributed by atoms with Gasteiger partial charge in [-0.2, -0.15) is 0 Å². The Morgan fingerprint density at radius 1 is 1.14 bits per heavy atom. The van der Waals surface area contributed by atoms with Crippen molar-refractivity contribution in [1.29, 1.82) is 0 Å². The third-order valence-corrected chi connectivity index (χ3v) is 4.34. The summed E-state index contributed by atoms with van der Waals surface area (Å²) in [5.41, 5.74) is 2.01. The summed E-state index contributed by atoms with van der Waals surface area (Å²) in [6.45, 7) is 11.9. The number of aliphatic imine (C=N–C) groups is 1. The number of oxazole rings is 1. The van der Waals surface area contributed by atoms with Gasteiger partial charge in [0.25, 0.3) is 0 Å². The molecule has 120 valence electrons. The van der Waals surface area contributed by atoms with Crippen molar-refractivity contribution in [2.45, 2.75) is 47.7 Å². The maximum absolute atomic E-state index is 5.54. The van der Waals surface area contributed by atoms with Gasteiger partial charge in [0.15, 0.2) is 5.96 Å². The molecule has 0 amide bonds. The summed E-state index contributed by atoms with van der Waals surface area (Å²) < 4.78 is 5.54. The van der Waals surface area contributed by atoms with Crippen LogP contribution in [0.15, 0.2) is 9.41 Å². The van der Waals surface area contributed by atoms with Crippen LogP contribution in [-0.4, -0.2) is 22.5 Å². The SMILES string of the molecule is CCNC(=NCc1nc(C)c(C)o1)NCc1nc(C)c(C)s1. The summed E-state index contributed by atoms with van der Waals surface area (Å²) in [5.74, 6) is 2.21. The quantitative estimate of drug-likeness (QED) is 0.654. The molecule has 0 radical (unpaired) electrons. The Morgan fingerprint density at radius 2 is 1.91 bits per heavy atom. The molecule has 0 aliphatic carbocycles. The lowest BCUT2D eigenvalue weighted by molar-refractivity contribution is 0.473. The molecule has 2 heterocycles. The van der Waals surface area contributed by atoms with E-state index in [1.165, 1.54) is 4.88 Å². The molecule has 2 aromatic heterocycles. The molecule has 2 aromatic rings. The number of aryl methyl sites for hydroxylation is 4. The van der Waals surface area contributed by atoms with Crippen molar-refractivity contribution >= 4 is 17.3 Å². The van der Waals surface area contributed by atoms with Gasteiger partial charge >= 0.3 is 0 Å². The minimum absolute atomic E-state index is 0.417. The number of guanidine groups is 1. The smallest absolute Gasteiger partial charge is 0.216 e. The maximum atomic E-state index is 5.54. The molecule has 22 heavy (non-hydrogen) atoms. The van der Waals surface area contributed by atoms with Gasteiger partial charge in [-0.3, -0.25) is 0 Å². The van der Waals surface area contributed by atoms with Crippen molar-refractivity contribution in [3.8, 4) is 0 Å². The average Bonchev–Trinajstić information content (AvgIpc) is 2.96. The number of nitrogens with one attached hydrogen (secondary N) is 2. The van der Waals surface area contributed by atoms with Crippen LogP contribution in [0, 0.1) is 27.7 Å².